The molecule has 2 heterocycles. The number of ether oxygens (including phenoxy) is 1. The monoisotopic (exact) mass is 292 g/mol. The lowest BCUT2D eigenvalue weighted by molar-refractivity contribution is 0.197. The van der Waals surface area contributed by atoms with Crippen LogP contribution >= 0.6 is 0 Å². The number of benzene rings is 1. The van der Waals surface area contributed by atoms with Crippen molar-refractivity contribution in [2.45, 2.75) is 38.8 Å². The highest BCUT2D eigenvalue weighted by Crippen LogP contribution is 2.37. The van der Waals surface area contributed by atoms with Gasteiger partial charge in [-0.25, -0.2) is 4.39 Å². The molecule has 1 aliphatic heterocycles. The lowest BCUT2D eigenvalue weighted by Crippen LogP contribution is -2.18. The van der Waals surface area contributed by atoms with E-state index >= 15 is 0 Å². The molecule has 5 heteroatoms. The van der Waals surface area contributed by atoms with Gasteiger partial charge in [0.1, 0.15) is 6.61 Å². The SMILES string of the molecule is C[C@H](N)Cc1c2n(c3ccc(OCCO)c(F)c13)CCC2. The van der Waals surface area contributed by atoms with Crippen LogP contribution in [0, 0.1) is 5.82 Å². The molecule has 3 N–H and O–H groups in total. The maximum Gasteiger partial charge on any atom is 0.174 e. The molecule has 2 aromatic rings. The van der Waals surface area contributed by atoms with E-state index in [1.165, 1.54) is 5.69 Å². The largest absolute Gasteiger partial charge is 0.488 e. The van der Waals surface area contributed by atoms with Gasteiger partial charge < -0.3 is 20.1 Å². The molecule has 0 fully saturated rings. The van der Waals surface area contributed by atoms with E-state index < -0.39 is 0 Å². The summed E-state index contributed by atoms with van der Waals surface area (Å²) >= 11 is 0. The van der Waals surface area contributed by atoms with Crippen molar-refractivity contribution in [2.75, 3.05) is 13.2 Å². The normalized spacial score (nSPS) is 15.4. The van der Waals surface area contributed by atoms with Gasteiger partial charge in [0.2, 0.25) is 0 Å². The molecular formula is C16H21FN2O2. The molecule has 3 rings (SSSR count). The first kappa shape index (κ1) is 14.4. The van der Waals surface area contributed by atoms with Gasteiger partial charge in [-0.2, -0.15) is 0 Å². The van der Waals surface area contributed by atoms with Gasteiger partial charge in [0.25, 0.3) is 0 Å². The Labute approximate surface area is 123 Å². The van der Waals surface area contributed by atoms with Crippen molar-refractivity contribution in [1.82, 2.24) is 4.57 Å². The molecule has 0 radical (unpaired) electrons. The average Bonchev–Trinajstić information content (AvgIpc) is 3.01. The number of aryl methyl sites for hydroxylation is 1. The smallest absolute Gasteiger partial charge is 0.174 e. The van der Waals surface area contributed by atoms with Crippen LogP contribution in [-0.2, 0) is 19.4 Å². The van der Waals surface area contributed by atoms with E-state index in [9.17, 15) is 4.39 Å². The van der Waals surface area contributed by atoms with Crippen molar-refractivity contribution in [3.63, 3.8) is 0 Å². The van der Waals surface area contributed by atoms with Gasteiger partial charge in [0.05, 0.1) is 12.1 Å². The molecule has 0 bridgehead atoms. The molecule has 114 valence electrons. The number of rotatable bonds is 5. The van der Waals surface area contributed by atoms with Crippen LogP contribution in [0.2, 0.25) is 0 Å². The third kappa shape index (κ3) is 2.40. The van der Waals surface area contributed by atoms with Crippen LogP contribution in [0.1, 0.15) is 24.6 Å². The second kappa shape index (κ2) is 5.66. The summed E-state index contributed by atoms with van der Waals surface area (Å²) in [6.07, 6.45) is 2.74. The van der Waals surface area contributed by atoms with Crippen LogP contribution in [0.15, 0.2) is 12.1 Å². The summed E-state index contributed by atoms with van der Waals surface area (Å²) < 4.78 is 22.3. The van der Waals surface area contributed by atoms with Crippen molar-refractivity contribution >= 4 is 10.9 Å². The minimum Gasteiger partial charge on any atom is -0.488 e. The third-order valence-corrected chi connectivity index (χ3v) is 4.02. The number of aliphatic hydroxyl groups is 1. The summed E-state index contributed by atoms with van der Waals surface area (Å²) in [5.41, 5.74) is 9.09. The third-order valence-electron chi connectivity index (χ3n) is 4.02. The van der Waals surface area contributed by atoms with Gasteiger partial charge in [-0.1, -0.05) is 0 Å². The summed E-state index contributed by atoms with van der Waals surface area (Å²) in [5.74, 6) is -0.134. The van der Waals surface area contributed by atoms with Gasteiger partial charge in [0, 0.05) is 23.7 Å². The summed E-state index contributed by atoms with van der Waals surface area (Å²) in [5, 5.41) is 9.47. The van der Waals surface area contributed by atoms with Gasteiger partial charge in [-0.15, -0.1) is 0 Å². The first-order valence-electron chi connectivity index (χ1n) is 7.45. The average molecular weight is 292 g/mol. The van der Waals surface area contributed by atoms with E-state index in [0.717, 1.165) is 30.5 Å². The van der Waals surface area contributed by atoms with E-state index in [1.54, 1.807) is 6.07 Å². The fourth-order valence-corrected chi connectivity index (χ4v) is 3.27. The van der Waals surface area contributed by atoms with E-state index in [1.807, 2.05) is 13.0 Å². The number of aromatic nitrogens is 1. The zero-order valence-corrected chi connectivity index (χ0v) is 12.2. The number of hydrogen-bond donors (Lipinski definition) is 2. The van der Waals surface area contributed by atoms with Crippen LogP contribution in [0.3, 0.4) is 0 Å². The fourth-order valence-electron chi connectivity index (χ4n) is 3.27. The van der Waals surface area contributed by atoms with Crippen molar-refractivity contribution in [3.05, 3.63) is 29.2 Å². The topological polar surface area (TPSA) is 60.4 Å². The molecule has 21 heavy (non-hydrogen) atoms. The first-order valence-corrected chi connectivity index (χ1v) is 7.45. The van der Waals surface area contributed by atoms with E-state index in [0.29, 0.717) is 11.8 Å². The predicted octanol–water partition coefficient (Wildman–Crippen LogP) is 1.99. The van der Waals surface area contributed by atoms with Gasteiger partial charge in [0.15, 0.2) is 11.6 Å². The molecule has 1 aromatic heterocycles. The Hall–Kier alpha value is -1.59. The Morgan fingerprint density at radius 1 is 1.48 bits per heavy atom. The highest BCUT2D eigenvalue weighted by atomic mass is 19.1. The quantitative estimate of drug-likeness (QED) is 0.886. The molecule has 0 amide bonds. The molecule has 0 saturated carbocycles. The maximum absolute atomic E-state index is 14.8. The zero-order valence-electron chi connectivity index (χ0n) is 12.2. The number of nitrogens with two attached hydrogens (primary N) is 1. The number of hydrogen-bond acceptors (Lipinski definition) is 3. The van der Waals surface area contributed by atoms with E-state index in [4.69, 9.17) is 15.6 Å². The number of aliphatic hydroxyl groups excluding tert-OH is 1. The number of halogens is 1. The second-order valence-electron chi connectivity index (χ2n) is 5.71. The van der Waals surface area contributed by atoms with Crippen molar-refractivity contribution in [1.29, 1.82) is 0 Å². The molecule has 0 spiro atoms. The van der Waals surface area contributed by atoms with Gasteiger partial charge in [-0.3, -0.25) is 0 Å². The minimum atomic E-state index is -0.335. The summed E-state index contributed by atoms with van der Waals surface area (Å²) in [4.78, 5) is 0. The number of fused-ring (bicyclic) bond motifs is 3. The van der Waals surface area contributed by atoms with Crippen molar-refractivity contribution in [2.24, 2.45) is 5.73 Å². The van der Waals surface area contributed by atoms with Crippen LogP contribution in [0.4, 0.5) is 4.39 Å². The van der Waals surface area contributed by atoms with Crippen LogP contribution in [0.25, 0.3) is 10.9 Å². The molecule has 0 unspecified atom stereocenters. The maximum atomic E-state index is 14.8. The summed E-state index contributed by atoms with van der Waals surface area (Å²) in [7, 11) is 0. The van der Waals surface area contributed by atoms with Gasteiger partial charge >= 0.3 is 0 Å². The standard InChI is InChI=1S/C16H21FN2O2/c1-10(18)9-11-12-3-2-6-19(12)13-4-5-14(21-8-7-20)16(17)15(11)13/h4-5,10,20H,2-3,6-9,18H2,1H3/t10-/m0/s1. The summed E-state index contributed by atoms with van der Waals surface area (Å²) in [6, 6.07) is 3.54. The molecule has 1 aromatic carbocycles. The molecule has 0 saturated heterocycles. The Morgan fingerprint density at radius 3 is 3.00 bits per heavy atom. The minimum absolute atomic E-state index is 0.0117. The lowest BCUT2D eigenvalue weighted by Gasteiger charge is -2.09. The molecule has 4 nitrogen and oxygen atoms in total. The Balaban J connectivity index is 2.17. The van der Waals surface area contributed by atoms with Crippen molar-refractivity contribution < 1.29 is 14.2 Å². The Kier molecular flexibility index (Phi) is 3.87. The first-order chi connectivity index (χ1) is 10.1. The Morgan fingerprint density at radius 2 is 2.29 bits per heavy atom. The van der Waals surface area contributed by atoms with Crippen LogP contribution < -0.4 is 10.5 Å². The number of nitrogens with zero attached hydrogens (tertiary/aromatic N) is 1. The molecule has 0 aliphatic carbocycles. The molecule has 1 atom stereocenters. The molecule has 1 aliphatic rings. The highest BCUT2D eigenvalue weighted by molar-refractivity contribution is 5.88. The zero-order chi connectivity index (χ0) is 15.0. The van der Waals surface area contributed by atoms with Crippen molar-refractivity contribution in [3.8, 4) is 5.75 Å². The highest BCUT2D eigenvalue weighted by Gasteiger charge is 2.25. The van der Waals surface area contributed by atoms with E-state index in [-0.39, 0.29) is 30.8 Å². The van der Waals surface area contributed by atoms with E-state index in [2.05, 4.69) is 4.57 Å². The predicted molar refractivity (Wildman–Crippen MR) is 80.2 cm³/mol. The van der Waals surface area contributed by atoms with Gasteiger partial charge in [-0.05, 0) is 43.9 Å². The fraction of sp³-hybridized carbons (Fsp3) is 0.500. The second-order valence-corrected chi connectivity index (χ2v) is 5.71. The molecular weight excluding hydrogens is 271 g/mol. The van der Waals surface area contributed by atoms with Crippen LogP contribution in [0.5, 0.6) is 5.75 Å². The lowest BCUT2D eigenvalue weighted by atomic mass is 10.0. The summed E-state index contributed by atoms with van der Waals surface area (Å²) in [6.45, 7) is 2.84. The Bertz CT molecular complexity index is 664. The van der Waals surface area contributed by atoms with Crippen LogP contribution in [-0.4, -0.2) is 28.9 Å².